The van der Waals surface area contributed by atoms with Crippen LogP contribution >= 0.6 is 23.2 Å². The van der Waals surface area contributed by atoms with Gasteiger partial charge in [0.25, 0.3) is 5.91 Å². The molecule has 29 heavy (non-hydrogen) atoms. The number of hydrogen-bond acceptors (Lipinski definition) is 5. The number of ether oxygens (including phenoxy) is 1. The molecule has 1 aliphatic rings. The Morgan fingerprint density at radius 1 is 1.34 bits per heavy atom. The maximum Gasteiger partial charge on any atom is 0.292 e. The number of amides is 1. The molecule has 1 aromatic carbocycles. The molecule has 0 spiro atoms. The van der Waals surface area contributed by atoms with Gasteiger partial charge in [0, 0.05) is 29.6 Å². The Kier molecular flexibility index (Phi) is 5.07. The maximum atomic E-state index is 13.1. The average Bonchev–Trinajstić information content (AvgIpc) is 3.06. The van der Waals surface area contributed by atoms with Crippen molar-refractivity contribution in [1.29, 1.82) is 5.26 Å². The zero-order valence-corrected chi connectivity index (χ0v) is 17.3. The van der Waals surface area contributed by atoms with Crippen LogP contribution in [0.4, 0.5) is 0 Å². The van der Waals surface area contributed by atoms with Crippen LogP contribution in [0.1, 0.15) is 34.8 Å². The third-order valence-electron chi connectivity index (χ3n) is 5.29. The van der Waals surface area contributed by atoms with Gasteiger partial charge in [-0.05, 0) is 13.0 Å². The Hall–Kier alpha value is -2.82. The van der Waals surface area contributed by atoms with Crippen molar-refractivity contribution < 1.29 is 9.53 Å². The molecule has 7 nitrogen and oxygen atoms in total. The Morgan fingerprint density at radius 2 is 2.07 bits per heavy atom. The molecule has 1 unspecified atom stereocenters. The minimum Gasteiger partial charge on any atom is -0.494 e. The Morgan fingerprint density at radius 3 is 2.72 bits per heavy atom. The summed E-state index contributed by atoms with van der Waals surface area (Å²) in [7, 11) is 1.52. The van der Waals surface area contributed by atoms with E-state index >= 15 is 0 Å². The van der Waals surface area contributed by atoms with Crippen molar-refractivity contribution in [1.82, 2.24) is 19.4 Å². The predicted molar refractivity (Wildman–Crippen MR) is 109 cm³/mol. The third kappa shape index (κ3) is 3.09. The van der Waals surface area contributed by atoms with Crippen LogP contribution in [0, 0.1) is 11.3 Å². The molecule has 4 rings (SSSR count). The molecule has 3 aromatic rings. The number of rotatable bonds is 3. The predicted octanol–water partition coefficient (Wildman–Crippen LogP) is 4.03. The number of nitriles is 1. The zero-order valence-electron chi connectivity index (χ0n) is 15.8. The topological polar surface area (TPSA) is 84.0 Å². The molecule has 0 fully saturated rings. The van der Waals surface area contributed by atoms with E-state index in [1.54, 1.807) is 11.0 Å². The van der Waals surface area contributed by atoms with Gasteiger partial charge in [0.1, 0.15) is 6.54 Å². The summed E-state index contributed by atoms with van der Waals surface area (Å²) in [5.74, 6) is 0.344. The van der Waals surface area contributed by atoms with Gasteiger partial charge in [-0.1, -0.05) is 29.3 Å². The molecule has 1 aliphatic heterocycles. The number of nitrogens with zero attached hydrogens (tertiary/aromatic N) is 5. The molecule has 0 bridgehead atoms. The largest absolute Gasteiger partial charge is 0.494 e. The van der Waals surface area contributed by atoms with Gasteiger partial charge in [0.15, 0.2) is 5.75 Å². The van der Waals surface area contributed by atoms with Crippen LogP contribution in [0.15, 0.2) is 24.5 Å². The Labute approximate surface area is 177 Å². The number of hydrogen-bond donors (Lipinski definition) is 0. The SMILES string of the molecule is COc1cnc(C(=O)N2CCc3c(c4ccc(Cl)c(Cl)c4n3CC#N)C2C)nc1. The zero-order chi connectivity index (χ0) is 20.7. The van der Waals surface area contributed by atoms with E-state index in [-0.39, 0.29) is 24.3 Å². The second kappa shape index (κ2) is 7.54. The van der Waals surface area contributed by atoms with E-state index in [0.29, 0.717) is 28.8 Å². The van der Waals surface area contributed by atoms with Crippen LogP contribution < -0.4 is 4.74 Å². The van der Waals surface area contributed by atoms with Crippen LogP contribution in [0.2, 0.25) is 10.0 Å². The molecule has 0 aliphatic carbocycles. The van der Waals surface area contributed by atoms with Crippen molar-refractivity contribution in [2.45, 2.75) is 25.9 Å². The summed E-state index contributed by atoms with van der Waals surface area (Å²) in [5, 5.41) is 11.1. The van der Waals surface area contributed by atoms with Crippen molar-refractivity contribution >= 4 is 40.0 Å². The fourth-order valence-corrected chi connectivity index (χ4v) is 4.37. The summed E-state index contributed by atoms with van der Waals surface area (Å²) in [4.78, 5) is 23.0. The molecule has 3 heterocycles. The Bertz CT molecular complexity index is 1150. The van der Waals surface area contributed by atoms with Crippen LogP contribution in [0.5, 0.6) is 5.75 Å². The molecule has 1 amide bonds. The molecule has 1 atom stereocenters. The number of aromatic nitrogens is 3. The van der Waals surface area contributed by atoms with Crippen molar-refractivity contribution in [3.63, 3.8) is 0 Å². The van der Waals surface area contributed by atoms with Gasteiger partial charge in [-0.15, -0.1) is 0 Å². The molecule has 0 saturated heterocycles. The lowest BCUT2D eigenvalue weighted by molar-refractivity contribution is 0.0664. The van der Waals surface area contributed by atoms with E-state index in [2.05, 4.69) is 16.0 Å². The van der Waals surface area contributed by atoms with Gasteiger partial charge in [0.05, 0.1) is 47.2 Å². The first-order valence-electron chi connectivity index (χ1n) is 9.00. The first-order chi connectivity index (χ1) is 14.0. The molecule has 148 valence electrons. The van der Waals surface area contributed by atoms with Crippen LogP contribution in [0.3, 0.4) is 0 Å². The van der Waals surface area contributed by atoms with Crippen molar-refractivity contribution in [3.05, 3.63) is 51.7 Å². The monoisotopic (exact) mass is 429 g/mol. The van der Waals surface area contributed by atoms with E-state index in [1.807, 2.05) is 17.6 Å². The van der Waals surface area contributed by atoms with Gasteiger partial charge in [-0.3, -0.25) is 4.79 Å². The highest BCUT2D eigenvalue weighted by molar-refractivity contribution is 6.45. The molecule has 0 saturated carbocycles. The van der Waals surface area contributed by atoms with Crippen LogP contribution in [-0.2, 0) is 13.0 Å². The minimum atomic E-state index is -0.257. The van der Waals surface area contributed by atoms with Crippen molar-refractivity contribution in [2.24, 2.45) is 0 Å². The molecule has 2 aromatic heterocycles. The van der Waals surface area contributed by atoms with E-state index < -0.39 is 0 Å². The van der Waals surface area contributed by atoms with Crippen molar-refractivity contribution in [2.75, 3.05) is 13.7 Å². The fraction of sp³-hybridized carbons (Fsp3) is 0.300. The fourth-order valence-electron chi connectivity index (χ4n) is 3.95. The standard InChI is InChI=1S/C20H17Cl2N5O2/c1-11-16-13-3-4-14(21)17(22)18(13)27(8-6-23)15(16)5-7-26(11)20(28)19-24-9-12(29-2)10-25-19/h3-4,9-11H,5,7-8H2,1-2H3. The summed E-state index contributed by atoms with van der Waals surface area (Å²) in [6.07, 6.45) is 3.54. The van der Waals surface area contributed by atoms with Crippen molar-refractivity contribution in [3.8, 4) is 11.8 Å². The Balaban J connectivity index is 1.80. The summed E-state index contributed by atoms with van der Waals surface area (Å²) in [6.45, 7) is 2.60. The normalized spacial score (nSPS) is 15.8. The highest BCUT2D eigenvalue weighted by atomic mass is 35.5. The highest BCUT2D eigenvalue weighted by Gasteiger charge is 2.34. The number of methoxy groups -OCH3 is 1. The maximum absolute atomic E-state index is 13.1. The molecular weight excluding hydrogens is 413 g/mol. The van der Waals surface area contributed by atoms with E-state index in [9.17, 15) is 10.1 Å². The van der Waals surface area contributed by atoms with Gasteiger partial charge in [-0.2, -0.15) is 5.26 Å². The van der Waals surface area contributed by atoms with Gasteiger partial charge < -0.3 is 14.2 Å². The lowest BCUT2D eigenvalue weighted by Gasteiger charge is -2.34. The third-order valence-corrected chi connectivity index (χ3v) is 6.08. The number of benzene rings is 1. The molecule has 0 N–H and O–H groups in total. The molecule has 9 heteroatoms. The second-order valence-corrected chi connectivity index (χ2v) is 7.52. The van der Waals surface area contributed by atoms with Gasteiger partial charge in [-0.25, -0.2) is 9.97 Å². The number of fused-ring (bicyclic) bond motifs is 3. The van der Waals surface area contributed by atoms with E-state index in [0.717, 1.165) is 22.2 Å². The van der Waals surface area contributed by atoms with Gasteiger partial charge in [0.2, 0.25) is 5.82 Å². The minimum absolute atomic E-state index is 0.114. The lowest BCUT2D eigenvalue weighted by Crippen LogP contribution is -2.39. The van der Waals surface area contributed by atoms with Crippen LogP contribution in [-0.4, -0.2) is 39.0 Å². The lowest BCUT2D eigenvalue weighted by atomic mass is 9.96. The smallest absolute Gasteiger partial charge is 0.292 e. The number of carbonyl (C=O) groups is 1. The summed E-state index contributed by atoms with van der Waals surface area (Å²) >= 11 is 12.7. The first-order valence-corrected chi connectivity index (χ1v) is 9.76. The van der Waals surface area contributed by atoms with E-state index in [1.165, 1.54) is 19.5 Å². The number of carbonyl (C=O) groups excluding carboxylic acids is 1. The summed E-state index contributed by atoms with van der Waals surface area (Å²) in [6, 6.07) is 5.59. The summed E-state index contributed by atoms with van der Waals surface area (Å²) in [5.41, 5.74) is 2.70. The molecule has 0 radical (unpaired) electrons. The van der Waals surface area contributed by atoms with E-state index in [4.69, 9.17) is 27.9 Å². The average molecular weight is 430 g/mol. The first kappa shape index (κ1) is 19.5. The quantitative estimate of drug-likeness (QED) is 0.627. The van der Waals surface area contributed by atoms with Gasteiger partial charge >= 0.3 is 0 Å². The summed E-state index contributed by atoms with van der Waals surface area (Å²) < 4.78 is 6.96. The second-order valence-electron chi connectivity index (χ2n) is 6.73. The van der Waals surface area contributed by atoms with Crippen LogP contribution in [0.25, 0.3) is 10.9 Å². The molecular formula is C20H17Cl2N5O2. The number of halogens is 2. The highest BCUT2D eigenvalue weighted by Crippen LogP contribution is 2.42.